The molecule has 1 fully saturated rings. The number of halogens is 2. The predicted octanol–water partition coefficient (Wildman–Crippen LogP) is 6.91. The Balaban J connectivity index is 1.41. The van der Waals surface area contributed by atoms with Gasteiger partial charge in [-0.1, -0.05) is 57.2 Å². The van der Waals surface area contributed by atoms with Gasteiger partial charge in [-0.05, 0) is 103 Å². The molecule has 5 heteroatoms. The molecule has 0 unspecified atom stereocenters. The highest BCUT2D eigenvalue weighted by Gasteiger charge is 2.41. The molecule has 0 aliphatic carbocycles. The van der Waals surface area contributed by atoms with Crippen LogP contribution in [0.5, 0.6) is 5.75 Å². The van der Waals surface area contributed by atoms with E-state index in [4.69, 9.17) is 4.74 Å². The molecule has 0 spiro atoms. The standard InChI is InChI=1S/C32H39F2NO2/c1-22-20-27(31(3,4)5)21-23(2)30(22)37-19-18-35-16-14-26(15-17-35)32(36,24-6-10-28(33)11-7-24)25-8-12-29(34)13-9-25/h6-13,20-21,26,36H,14-19H2,1-5H3. The number of aliphatic hydroxyl groups is 1. The summed E-state index contributed by atoms with van der Waals surface area (Å²) < 4.78 is 33.5. The third kappa shape index (κ3) is 6.05. The number of hydrogen-bond donors (Lipinski definition) is 1. The molecule has 198 valence electrons. The van der Waals surface area contributed by atoms with Crippen LogP contribution in [0.15, 0.2) is 60.7 Å². The van der Waals surface area contributed by atoms with E-state index in [-0.39, 0.29) is 23.0 Å². The Labute approximate surface area is 220 Å². The van der Waals surface area contributed by atoms with Crippen LogP contribution in [0.2, 0.25) is 0 Å². The average molecular weight is 508 g/mol. The van der Waals surface area contributed by atoms with Crippen LogP contribution in [0.1, 0.15) is 61.4 Å². The van der Waals surface area contributed by atoms with Crippen molar-refractivity contribution in [3.63, 3.8) is 0 Å². The Morgan fingerprint density at radius 3 is 1.70 bits per heavy atom. The van der Waals surface area contributed by atoms with E-state index in [0.717, 1.165) is 49.4 Å². The summed E-state index contributed by atoms with van der Waals surface area (Å²) in [5.41, 5.74) is 3.68. The molecular formula is C32H39F2NO2. The fourth-order valence-corrected chi connectivity index (χ4v) is 5.51. The van der Waals surface area contributed by atoms with Crippen molar-refractivity contribution in [2.45, 2.75) is 58.5 Å². The first kappa shape index (κ1) is 27.3. The van der Waals surface area contributed by atoms with Crippen molar-refractivity contribution in [1.82, 2.24) is 4.90 Å². The number of benzene rings is 3. The van der Waals surface area contributed by atoms with Gasteiger partial charge in [0.2, 0.25) is 0 Å². The molecule has 4 rings (SSSR count). The summed E-state index contributed by atoms with van der Waals surface area (Å²) in [6.07, 6.45) is 1.53. The molecule has 0 amide bonds. The molecule has 0 atom stereocenters. The Morgan fingerprint density at radius 1 is 0.811 bits per heavy atom. The SMILES string of the molecule is Cc1cc(C(C)(C)C)cc(C)c1OCCN1CCC(C(O)(c2ccc(F)cc2)c2ccc(F)cc2)CC1. The second-order valence-corrected chi connectivity index (χ2v) is 11.4. The van der Waals surface area contributed by atoms with Crippen molar-refractivity contribution in [3.05, 3.63) is 100 Å². The van der Waals surface area contributed by atoms with Gasteiger partial charge < -0.3 is 9.84 Å². The average Bonchev–Trinajstić information content (AvgIpc) is 2.86. The molecule has 1 aliphatic heterocycles. The first-order valence-electron chi connectivity index (χ1n) is 13.2. The van der Waals surface area contributed by atoms with Crippen molar-refractivity contribution in [2.24, 2.45) is 5.92 Å². The number of aryl methyl sites for hydroxylation is 2. The van der Waals surface area contributed by atoms with Crippen LogP contribution in [-0.2, 0) is 11.0 Å². The molecule has 3 nitrogen and oxygen atoms in total. The summed E-state index contributed by atoms with van der Waals surface area (Å²) in [5.74, 6) is 0.192. The lowest BCUT2D eigenvalue weighted by Gasteiger charge is -2.42. The summed E-state index contributed by atoms with van der Waals surface area (Å²) in [7, 11) is 0. The Bertz CT molecular complexity index is 1120. The van der Waals surface area contributed by atoms with Crippen molar-refractivity contribution in [3.8, 4) is 5.75 Å². The topological polar surface area (TPSA) is 32.7 Å². The number of ether oxygens (including phenoxy) is 1. The van der Waals surface area contributed by atoms with E-state index in [1.54, 1.807) is 24.3 Å². The Morgan fingerprint density at radius 2 is 1.27 bits per heavy atom. The smallest absolute Gasteiger partial charge is 0.125 e. The maximum Gasteiger partial charge on any atom is 0.125 e. The van der Waals surface area contributed by atoms with Crippen LogP contribution in [0.3, 0.4) is 0 Å². The molecule has 1 heterocycles. The van der Waals surface area contributed by atoms with Gasteiger partial charge in [-0.15, -0.1) is 0 Å². The maximum atomic E-state index is 13.6. The zero-order chi connectivity index (χ0) is 26.8. The van der Waals surface area contributed by atoms with Gasteiger partial charge in [-0.25, -0.2) is 8.78 Å². The molecular weight excluding hydrogens is 468 g/mol. The summed E-state index contributed by atoms with van der Waals surface area (Å²) >= 11 is 0. The van der Waals surface area contributed by atoms with Gasteiger partial charge in [-0.3, -0.25) is 4.90 Å². The largest absolute Gasteiger partial charge is 0.492 e. The molecule has 1 N–H and O–H groups in total. The minimum absolute atomic E-state index is 0.0741. The van der Waals surface area contributed by atoms with Crippen LogP contribution < -0.4 is 4.74 Å². The zero-order valence-electron chi connectivity index (χ0n) is 22.7. The van der Waals surface area contributed by atoms with Gasteiger partial charge in [0.15, 0.2) is 0 Å². The summed E-state index contributed by atoms with van der Waals surface area (Å²) in [5, 5.41) is 12.0. The summed E-state index contributed by atoms with van der Waals surface area (Å²) in [4.78, 5) is 2.36. The number of rotatable bonds is 7. The normalized spacial score (nSPS) is 15.7. The highest BCUT2D eigenvalue weighted by atomic mass is 19.1. The number of nitrogens with zero attached hydrogens (tertiary/aromatic N) is 1. The first-order chi connectivity index (χ1) is 17.5. The third-order valence-corrected chi connectivity index (χ3v) is 7.73. The van der Waals surface area contributed by atoms with Crippen LogP contribution >= 0.6 is 0 Å². The highest BCUT2D eigenvalue weighted by molar-refractivity contribution is 5.45. The lowest BCUT2D eigenvalue weighted by atomic mass is 9.72. The van der Waals surface area contributed by atoms with Gasteiger partial charge in [0.1, 0.15) is 29.6 Å². The molecule has 0 bridgehead atoms. The quantitative estimate of drug-likeness (QED) is 0.377. The Kier molecular flexibility index (Phi) is 8.05. The van der Waals surface area contributed by atoms with Crippen molar-refractivity contribution >= 4 is 0 Å². The van der Waals surface area contributed by atoms with Gasteiger partial charge in [0.25, 0.3) is 0 Å². The van der Waals surface area contributed by atoms with Crippen LogP contribution in [0.4, 0.5) is 8.78 Å². The van der Waals surface area contributed by atoms with Crippen molar-refractivity contribution < 1.29 is 18.6 Å². The first-order valence-corrected chi connectivity index (χ1v) is 13.2. The van der Waals surface area contributed by atoms with Crippen molar-refractivity contribution in [2.75, 3.05) is 26.2 Å². The molecule has 0 radical (unpaired) electrons. The lowest BCUT2D eigenvalue weighted by molar-refractivity contribution is -0.0154. The van der Waals surface area contributed by atoms with Gasteiger partial charge >= 0.3 is 0 Å². The van der Waals surface area contributed by atoms with E-state index >= 15 is 0 Å². The minimum atomic E-state index is -1.31. The lowest BCUT2D eigenvalue weighted by Crippen LogP contribution is -2.45. The number of likely N-dealkylation sites (tertiary alicyclic amines) is 1. The van der Waals surface area contributed by atoms with E-state index in [1.807, 2.05) is 0 Å². The van der Waals surface area contributed by atoms with E-state index in [0.29, 0.717) is 17.7 Å². The molecule has 0 aromatic heterocycles. The third-order valence-electron chi connectivity index (χ3n) is 7.73. The van der Waals surface area contributed by atoms with Crippen molar-refractivity contribution in [1.29, 1.82) is 0 Å². The number of hydrogen-bond acceptors (Lipinski definition) is 3. The molecule has 0 saturated carbocycles. The number of piperidine rings is 1. The molecule has 37 heavy (non-hydrogen) atoms. The van der Waals surface area contributed by atoms with Gasteiger partial charge in [0.05, 0.1) is 0 Å². The fourth-order valence-electron chi connectivity index (χ4n) is 5.51. The summed E-state index contributed by atoms with van der Waals surface area (Å²) in [6.45, 7) is 13.9. The van der Waals surface area contributed by atoms with Crippen LogP contribution in [-0.4, -0.2) is 36.2 Å². The second-order valence-electron chi connectivity index (χ2n) is 11.4. The van der Waals surface area contributed by atoms with E-state index in [1.165, 1.54) is 29.8 Å². The molecule has 3 aromatic rings. The van der Waals surface area contributed by atoms with E-state index < -0.39 is 5.60 Å². The van der Waals surface area contributed by atoms with E-state index in [2.05, 4.69) is 51.7 Å². The maximum absolute atomic E-state index is 13.6. The fraction of sp³-hybridized carbons (Fsp3) is 0.438. The van der Waals surface area contributed by atoms with Crippen LogP contribution in [0, 0.1) is 31.4 Å². The molecule has 1 saturated heterocycles. The van der Waals surface area contributed by atoms with E-state index in [9.17, 15) is 13.9 Å². The summed E-state index contributed by atoms with van der Waals surface area (Å²) in [6, 6.07) is 16.5. The van der Waals surface area contributed by atoms with Gasteiger partial charge in [-0.2, -0.15) is 0 Å². The predicted molar refractivity (Wildman–Crippen MR) is 145 cm³/mol. The minimum Gasteiger partial charge on any atom is -0.492 e. The second kappa shape index (κ2) is 10.9. The monoisotopic (exact) mass is 507 g/mol. The molecule has 3 aromatic carbocycles. The zero-order valence-corrected chi connectivity index (χ0v) is 22.7. The molecule has 1 aliphatic rings. The van der Waals surface area contributed by atoms with Crippen LogP contribution in [0.25, 0.3) is 0 Å². The Hall–Kier alpha value is -2.76. The van der Waals surface area contributed by atoms with Gasteiger partial charge in [0, 0.05) is 6.54 Å². The highest BCUT2D eigenvalue weighted by Crippen LogP contribution is 2.42.